The Morgan fingerprint density at radius 3 is 2.68 bits per heavy atom. The molecule has 22 heavy (non-hydrogen) atoms. The van der Waals surface area contributed by atoms with Crippen molar-refractivity contribution in [2.45, 2.75) is 12.8 Å². The van der Waals surface area contributed by atoms with Gasteiger partial charge in [-0.05, 0) is 24.1 Å². The molecule has 1 rings (SSSR count). The van der Waals surface area contributed by atoms with Crippen molar-refractivity contribution in [3.63, 3.8) is 0 Å². The molecule has 0 bridgehead atoms. The molecular weight excluding hydrogens is 288 g/mol. The molecule has 1 aromatic carbocycles. The minimum absolute atomic E-state index is 0.0922. The minimum Gasteiger partial charge on any atom is -0.481 e. The number of methoxy groups -OCH3 is 1. The second-order valence-corrected chi connectivity index (χ2v) is 4.74. The van der Waals surface area contributed by atoms with Crippen molar-refractivity contribution in [1.29, 1.82) is 0 Å². The summed E-state index contributed by atoms with van der Waals surface area (Å²) in [6, 6.07) is 6.65. The smallest absolute Gasteiger partial charge is 0.337 e. The number of nitrogens with one attached hydrogen (secondary N) is 1. The molecule has 120 valence electrons. The zero-order chi connectivity index (χ0) is 16.5. The van der Waals surface area contributed by atoms with Crippen molar-refractivity contribution < 1.29 is 24.2 Å². The van der Waals surface area contributed by atoms with Gasteiger partial charge in [-0.15, -0.1) is 0 Å². The molecule has 0 aliphatic heterocycles. The first-order valence-electron chi connectivity index (χ1n) is 6.82. The molecule has 0 fully saturated rings. The zero-order valence-electron chi connectivity index (χ0n) is 12.7. The van der Waals surface area contributed by atoms with Crippen LogP contribution in [0.4, 0.5) is 4.79 Å². The first kappa shape index (κ1) is 17.5. The summed E-state index contributed by atoms with van der Waals surface area (Å²) in [4.78, 5) is 34.9. The van der Waals surface area contributed by atoms with Gasteiger partial charge in [-0.2, -0.15) is 0 Å². The Morgan fingerprint density at radius 1 is 1.32 bits per heavy atom. The predicted octanol–water partition coefficient (Wildman–Crippen LogP) is 1.13. The van der Waals surface area contributed by atoms with E-state index >= 15 is 0 Å². The number of ether oxygens (including phenoxy) is 1. The van der Waals surface area contributed by atoms with Crippen LogP contribution in [0.3, 0.4) is 0 Å². The molecule has 7 nitrogen and oxygen atoms in total. The maximum absolute atomic E-state index is 11.7. The largest absolute Gasteiger partial charge is 0.481 e. The number of benzene rings is 1. The van der Waals surface area contributed by atoms with Crippen LogP contribution >= 0.6 is 0 Å². The summed E-state index contributed by atoms with van der Waals surface area (Å²) in [5, 5.41) is 11.3. The molecule has 0 aliphatic carbocycles. The average molecular weight is 308 g/mol. The molecule has 0 radical (unpaired) electrons. The Kier molecular flexibility index (Phi) is 6.88. The summed E-state index contributed by atoms with van der Waals surface area (Å²) >= 11 is 0. The third-order valence-corrected chi connectivity index (χ3v) is 3.05. The molecule has 0 heterocycles. The fourth-order valence-electron chi connectivity index (χ4n) is 1.79. The summed E-state index contributed by atoms with van der Waals surface area (Å²) in [5.41, 5.74) is 1.36. The van der Waals surface area contributed by atoms with Crippen molar-refractivity contribution in [2.75, 3.05) is 27.2 Å². The highest BCUT2D eigenvalue weighted by atomic mass is 16.5. The number of nitrogens with zero attached hydrogens (tertiary/aromatic N) is 1. The van der Waals surface area contributed by atoms with E-state index in [1.165, 1.54) is 19.1 Å². The summed E-state index contributed by atoms with van der Waals surface area (Å²) in [6.45, 7) is 0.542. The molecule has 0 saturated carbocycles. The van der Waals surface area contributed by atoms with Crippen LogP contribution in [-0.4, -0.2) is 55.2 Å². The van der Waals surface area contributed by atoms with Crippen LogP contribution in [0.15, 0.2) is 24.3 Å². The van der Waals surface area contributed by atoms with Crippen LogP contribution in [0, 0.1) is 0 Å². The maximum Gasteiger partial charge on any atom is 0.337 e. The van der Waals surface area contributed by atoms with Crippen LogP contribution in [-0.2, 0) is 16.0 Å². The number of carboxylic acids is 1. The molecule has 0 aromatic heterocycles. The number of urea groups is 1. The summed E-state index contributed by atoms with van der Waals surface area (Å²) in [7, 11) is 2.86. The highest BCUT2D eigenvalue weighted by Gasteiger charge is 2.10. The summed E-state index contributed by atoms with van der Waals surface area (Å²) in [5.74, 6) is -1.35. The van der Waals surface area contributed by atoms with E-state index in [0.717, 1.165) is 5.56 Å². The van der Waals surface area contributed by atoms with Gasteiger partial charge in [0.2, 0.25) is 0 Å². The Morgan fingerprint density at radius 2 is 2.05 bits per heavy atom. The van der Waals surface area contributed by atoms with Crippen LogP contribution in [0.25, 0.3) is 0 Å². The lowest BCUT2D eigenvalue weighted by atomic mass is 10.1. The number of amides is 2. The number of carboxylic acid groups (broad SMARTS) is 1. The number of carbonyl (C=O) groups is 3. The quantitative estimate of drug-likeness (QED) is 0.736. The number of rotatable bonds is 7. The van der Waals surface area contributed by atoms with E-state index in [2.05, 4.69) is 10.1 Å². The number of carbonyl (C=O) groups excluding carboxylic acids is 2. The number of esters is 1. The maximum atomic E-state index is 11.7. The van der Waals surface area contributed by atoms with Gasteiger partial charge in [0.1, 0.15) is 0 Å². The lowest BCUT2D eigenvalue weighted by Crippen LogP contribution is -2.39. The first-order valence-corrected chi connectivity index (χ1v) is 6.82. The van der Waals surface area contributed by atoms with Gasteiger partial charge in [0.05, 0.1) is 19.1 Å². The fraction of sp³-hybridized carbons (Fsp3) is 0.400. The predicted molar refractivity (Wildman–Crippen MR) is 79.8 cm³/mol. The van der Waals surface area contributed by atoms with Crippen molar-refractivity contribution >= 4 is 18.0 Å². The number of aliphatic carboxylic acids is 1. The van der Waals surface area contributed by atoms with Crippen molar-refractivity contribution in [3.8, 4) is 0 Å². The minimum atomic E-state index is -0.945. The lowest BCUT2D eigenvalue weighted by Gasteiger charge is -2.16. The van der Waals surface area contributed by atoms with Crippen LogP contribution in [0.2, 0.25) is 0 Å². The van der Waals surface area contributed by atoms with E-state index in [4.69, 9.17) is 5.11 Å². The van der Waals surface area contributed by atoms with Crippen LogP contribution < -0.4 is 5.32 Å². The van der Waals surface area contributed by atoms with Gasteiger partial charge in [0.25, 0.3) is 0 Å². The molecule has 1 aromatic rings. The van der Waals surface area contributed by atoms with Gasteiger partial charge in [-0.1, -0.05) is 12.1 Å². The third kappa shape index (κ3) is 5.82. The van der Waals surface area contributed by atoms with E-state index in [1.807, 2.05) is 6.07 Å². The van der Waals surface area contributed by atoms with E-state index in [-0.39, 0.29) is 19.0 Å². The number of hydrogen-bond donors (Lipinski definition) is 2. The molecule has 2 N–H and O–H groups in total. The van der Waals surface area contributed by atoms with Crippen LogP contribution in [0.1, 0.15) is 22.3 Å². The fourth-order valence-corrected chi connectivity index (χ4v) is 1.79. The van der Waals surface area contributed by atoms with Crippen LogP contribution in [0.5, 0.6) is 0 Å². The Bertz CT molecular complexity index is 544. The van der Waals surface area contributed by atoms with Crippen molar-refractivity contribution in [3.05, 3.63) is 35.4 Å². The van der Waals surface area contributed by atoms with Crippen molar-refractivity contribution in [2.24, 2.45) is 0 Å². The van der Waals surface area contributed by atoms with Gasteiger partial charge in [0.15, 0.2) is 0 Å². The van der Waals surface area contributed by atoms with Gasteiger partial charge >= 0.3 is 18.0 Å². The Hall–Kier alpha value is -2.57. The Labute approximate surface area is 128 Å². The van der Waals surface area contributed by atoms with E-state index in [9.17, 15) is 14.4 Å². The molecule has 2 amide bonds. The van der Waals surface area contributed by atoms with Crippen molar-refractivity contribution in [1.82, 2.24) is 10.2 Å². The van der Waals surface area contributed by atoms with E-state index in [1.54, 1.807) is 18.2 Å². The average Bonchev–Trinajstić information content (AvgIpc) is 2.51. The molecule has 0 unspecified atom stereocenters. The second-order valence-electron chi connectivity index (χ2n) is 4.74. The Balaban J connectivity index is 2.42. The molecule has 0 atom stereocenters. The van der Waals surface area contributed by atoms with Gasteiger partial charge in [0, 0.05) is 20.1 Å². The summed E-state index contributed by atoms with van der Waals surface area (Å²) in [6.07, 6.45) is 0.467. The molecular formula is C15H20N2O5. The SMILES string of the molecule is COC(=O)c1cccc(CCNC(=O)N(C)CCC(=O)O)c1. The molecule has 0 aliphatic rings. The van der Waals surface area contributed by atoms with Gasteiger partial charge < -0.3 is 20.1 Å². The normalized spacial score (nSPS) is 9.91. The molecule has 0 saturated heterocycles. The topological polar surface area (TPSA) is 95.9 Å². The van der Waals surface area contributed by atoms with E-state index < -0.39 is 11.9 Å². The van der Waals surface area contributed by atoms with E-state index in [0.29, 0.717) is 18.5 Å². The zero-order valence-corrected chi connectivity index (χ0v) is 12.7. The van der Waals surface area contributed by atoms with Gasteiger partial charge in [-0.3, -0.25) is 4.79 Å². The monoisotopic (exact) mass is 308 g/mol. The molecule has 0 spiro atoms. The lowest BCUT2D eigenvalue weighted by molar-refractivity contribution is -0.137. The molecule has 7 heteroatoms. The van der Waals surface area contributed by atoms with Gasteiger partial charge in [-0.25, -0.2) is 9.59 Å². The highest BCUT2D eigenvalue weighted by Crippen LogP contribution is 2.07. The first-order chi connectivity index (χ1) is 10.4. The highest BCUT2D eigenvalue weighted by molar-refractivity contribution is 5.89. The third-order valence-electron chi connectivity index (χ3n) is 3.05. The number of hydrogen-bond acceptors (Lipinski definition) is 4. The standard InChI is InChI=1S/C15H20N2O5/c1-17(9-7-13(18)19)15(21)16-8-6-11-4-3-5-12(10-11)14(20)22-2/h3-5,10H,6-9H2,1-2H3,(H,16,21)(H,18,19). The summed E-state index contributed by atoms with van der Waals surface area (Å²) < 4.78 is 4.65. The second kappa shape index (κ2) is 8.66.